The normalized spacial score (nSPS) is 14.7. The fourth-order valence-corrected chi connectivity index (χ4v) is 4.95. The highest BCUT2D eigenvalue weighted by atomic mass is 32.2. The number of aromatic amines is 1. The van der Waals surface area contributed by atoms with Crippen molar-refractivity contribution in [3.63, 3.8) is 0 Å². The highest BCUT2D eigenvalue weighted by Gasteiger charge is 2.26. The molecule has 0 unspecified atom stereocenters. The number of hydrogen-bond donors (Lipinski definition) is 1. The summed E-state index contributed by atoms with van der Waals surface area (Å²) in [5, 5.41) is 0. The molecule has 3 rings (SSSR count). The molecule has 1 aromatic carbocycles. The van der Waals surface area contributed by atoms with E-state index < -0.39 is 22.0 Å². The quantitative estimate of drug-likeness (QED) is 0.416. The lowest BCUT2D eigenvalue weighted by atomic mass is 10.1. The molecule has 0 saturated carbocycles. The monoisotopic (exact) mass is 494 g/mol. The van der Waals surface area contributed by atoms with Gasteiger partial charge in [0.25, 0.3) is 0 Å². The first-order chi connectivity index (χ1) is 16.1. The number of carbonyl (C=O) groups is 2. The first kappa shape index (κ1) is 25.7. The van der Waals surface area contributed by atoms with Crippen molar-refractivity contribution < 1.29 is 37.0 Å². The van der Waals surface area contributed by atoms with Crippen molar-refractivity contribution in [2.45, 2.75) is 38.7 Å². The molecule has 0 radical (unpaired) electrons. The molecule has 0 spiro atoms. The molecule has 186 valence electrons. The van der Waals surface area contributed by atoms with E-state index in [1.165, 1.54) is 16.4 Å². The van der Waals surface area contributed by atoms with Gasteiger partial charge in [-0.3, -0.25) is 0 Å². The van der Waals surface area contributed by atoms with Gasteiger partial charge in [-0.1, -0.05) is 0 Å². The molecule has 1 N–H and O–H groups in total. The smallest absolute Gasteiger partial charge is 0.355 e. The maximum atomic E-state index is 12.7. The average molecular weight is 495 g/mol. The average Bonchev–Trinajstić information content (AvgIpc) is 3.11. The Labute approximate surface area is 199 Å². The first-order valence-electron chi connectivity index (χ1n) is 11.0. The molecule has 10 nitrogen and oxygen atoms in total. The Hall–Kier alpha value is -2.89. The summed E-state index contributed by atoms with van der Waals surface area (Å²) in [6.07, 6.45) is -0.276. The molecule has 1 saturated heterocycles. The van der Waals surface area contributed by atoms with Crippen molar-refractivity contribution in [1.29, 1.82) is 0 Å². The predicted molar refractivity (Wildman–Crippen MR) is 123 cm³/mol. The maximum absolute atomic E-state index is 12.7. The van der Waals surface area contributed by atoms with Crippen LogP contribution in [0.5, 0.6) is 5.75 Å². The van der Waals surface area contributed by atoms with Gasteiger partial charge in [-0.25, -0.2) is 18.0 Å². The fourth-order valence-electron chi connectivity index (χ4n) is 3.54. The number of esters is 2. The zero-order valence-electron chi connectivity index (χ0n) is 19.8. The van der Waals surface area contributed by atoms with Crippen LogP contribution in [-0.4, -0.2) is 75.3 Å². The van der Waals surface area contributed by atoms with Crippen LogP contribution >= 0.6 is 0 Å². The van der Waals surface area contributed by atoms with Gasteiger partial charge in [-0.2, -0.15) is 4.31 Å². The van der Waals surface area contributed by atoms with Crippen molar-refractivity contribution in [1.82, 2.24) is 9.29 Å². The van der Waals surface area contributed by atoms with E-state index >= 15 is 0 Å². The lowest BCUT2D eigenvalue weighted by Gasteiger charge is -2.26. The molecule has 1 aliphatic rings. The Bertz CT molecular complexity index is 1120. The van der Waals surface area contributed by atoms with Crippen LogP contribution in [0.25, 0.3) is 0 Å². The van der Waals surface area contributed by atoms with Gasteiger partial charge in [-0.05, 0) is 57.5 Å². The topological polar surface area (TPSA) is 124 Å². The van der Waals surface area contributed by atoms with Crippen LogP contribution in [0.15, 0.2) is 29.2 Å². The van der Waals surface area contributed by atoms with Crippen molar-refractivity contribution in [3.8, 4) is 5.75 Å². The zero-order valence-corrected chi connectivity index (χ0v) is 20.6. The van der Waals surface area contributed by atoms with E-state index in [0.717, 1.165) is 0 Å². The Balaban J connectivity index is 1.52. The molecule has 1 aromatic heterocycles. The number of nitrogens with one attached hydrogen (secondary N) is 1. The number of aryl methyl sites for hydroxylation is 1. The lowest BCUT2D eigenvalue weighted by molar-refractivity contribution is 0.0376. The molecule has 34 heavy (non-hydrogen) atoms. The Morgan fingerprint density at radius 2 is 1.71 bits per heavy atom. The summed E-state index contributed by atoms with van der Waals surface area (Å²) in [5.41, 5.74) is 1.50. The number of nitrogens with zero attached hydrogens (tertiary/aromatic N) is 1. The third-order valence-electron chi connectivity index (χ3n) is 5.21. The van der Waals surface area contributed by atoms with E-state index in [-0.39, 0.29) is 29.9 Å². The van der Waals surface area contributed by atoms with Gasteiger partial charge in [0.2, 0.25) is 10.0 Å². The SMILES string of the molecule is Cc1[nH]c(C(=O)OCCOc2ccc(S(=O)(=O)N3CCOCC3)cc2)c(C)c1C(=O)OC(C)C. The number of aromatic nitrogens is 1. The molecule has 11 heteroatoms. The second-order valence-electron chi connectivity index (χ2n) is 8.05. The Morgan fingerprint density at radius 3 is 2.32 bits per heavy atom. The minimum Gasteiger partial charge on any atom is -0.490 e. The number of ether oxygens (including phenoxy) is 4. The molecular weight excluding hydrogens is 464 g/mol. The second kappa shape index (κ2) is 11.0. The minimum absolute atomic E-state index is 0.0318. The number of morpholine rings is 1. The van der Waals surface area contributed by atoms with E-state index in [2.05, 4.69) is 4.98 Å². The van der Waals surface area contributed by atoms with Gasteiger partial charge in [-0.15, -0.1) is 0 Å². The summed E-state index contributed by atoms with van der Waals surface area (Å²) in [5.74, 6) is -0.662. The van der Waals surface area contributed by atoms with Crippen LogP contribution in [-0.2, 0) is 24.2 Å². The molecule has 0 atom stereocenters. The minimum atomic E-state index is -3.57. The maximum Gasteiger partial charge on any atom is 0.355 e. The number of H-pyrrole nitrogens is 1. The molecule has 1 fully saturated rings. The van der Waals surface area contributed by atoms with Crippen molar-refractivity contribution in [3.05, 3.63) is 46.8 Å². The van der Waals surface area contributed by atoms with Crippen molar-refractivity contribution >= 4 is 22.0 Å². The first-order valence-corrected chi connectivity index (χ1v) is 12.4. The van der Waals surface area contributed by atoms with Crippen molar-refractivity contribution in [2.75, 3.05) is 39.5 Å². The van der Waals surface area contributed by atoms with E-state index in [0.29, 0.717) is 48.9 Å². The summed E-state index contributed by atoms with van der Waals surface area (Å²) >= 11 is 0. The summed E-state index contributed by atoms with van der Waals surface area (Å²) in [7, 11) is -3.57. The summed E-state index contributed by atoms with van der Waals surface area (Å²) in [4.78, 5) is 27.8. The molecule has 0 amide bonds. The van der Waals surface area contributed by atoms with Gasteiger partial charge in [0.05, 0.1) is 29.8 Å². The van der Waals surface area contributed by atoms with E-state index in [4.69, 9.17) is 18.9 Å². The van der Waals surface area contributed by atoms with Crippen molar-refractivity contribution in [2.24, 2.45) is 0 Å². The highest BCUT2D eigenvalue weighted by Crippen LogP contribution is 2.22. The number of carbonyl (C=O) groups excluding carboxylic acids is 2. The largest absolute Gasteiger partial charge is 0.490 e. The van der Waals surface area contributed by atoms with Gasteiger partial charge in [0.15, 0.2) is 0 Å². The van der Waals surface area contributed by atoms with Gasteiger partial charge in [0.1, 0.15) is 24.7 Å². The predicted octanol–water partition coefficient (Wildman–Crippen LogP) is 2.45. The third kappa shape index (κ3) is 5.96. The van der Waals surface area contributed by atoms with Gasteiger partial charge in [0, 0.05) is 18.8 Å². The van der Waals surface area contributed by atoms with Crippen LogP contribution in [0.1, 0.15) is 46.0 Å². The number of sulfonamides is 1. The van der Waals surface area contributed by atoms with Crippen LogP contribution in [0.2, 0.25) is 0 Å². The van der Waals surface area contributed by atoms with Gasteiger partial charge < -0.3 is 23.9 Å². The van der Waals surface area contributed by atoms with E-state index in [1.54, 1.807) is 39.8 Å². The molecule has 0 aliphatic carbocycles. The molecular formula is C23H30N2O8S. The Morgan fingerprint density at radius 1 is 1.06 bits per heavy atom. The Kier molecular flexibility index (Phi) is 8.34. The van der Waals surface area contributed by atoms with E-state index in [1.807, 2.05) is 0 Å². The standard InChI is InChI=1S/C23H30N2O8S/c1-15(2)33-22(26)20-16(3)21(24-17(20)4)23(27)32-14-13-31-18-5-7-19(8-6-18)34(28,29)25-9-11-30-12-10-25/h5-8,15,24H,9-14H2,1-4H3. The van der Waals surface area contributed by atoms with E-state index in [9.17, 15) is 18.0 Å². The molecule has 2 aromatic rings. The molecule has 0 bridgehead atoms. The van der Waals surface area contributed by atoms with Gasteiger partial charge >= 0.3 is 11.9 Å². The van der Waals surface area contributed by atoms with Crippen LogP contribution in [0, 0.1) is 13.8 Å². The molecule has 2 heterocycles. The third-order valence-corrected chi connectivity index (χ3v) is 7.12. The fraction of sp³-hybridized carbons (Fsp3) is 0.478. The number of hydrogen-bond acceptors (Lipinski definition) is 8. The molecule has 1 aliphatic heterocycles. The second-order valence-corrected chi connectivity index (χ2v) is 9.99. The zero-order chi connectivity index (χ0) is 24.9. The highest BCUT2D eigenvalue weighted by molar-refractivity contribution is 7.89. The number of rotatable bonds is 9. The number of benzene rings is 1. The lowest BCUT2D eigenvalue weighted by Crippen LogP contribution is -2.40. The van der Waals surface area contributed by atoms with Crippen LogP contribution in [0.4, 0.5) is 0 Å². The summed E-state index contributed by atoms with van der Waals surface area (Å²) in [6, 6.07) is 6.07. The summed E-state index contributed by atoms with van der Waals surface area (Å²) in [6.45, 7) is 8.29. The van der Waals surface area contributed by atoms with Crippen LogP contribution < -0.4 is 4.74 Å². The van der Waals surface area contributed by atoms with Crippen LogP contribution in [0.3, 0.4) is 0 Å². The summed E-state index contributed by atoms with van der Waals surface area (Å²) < 4.78 is 47.9.